The Morgan fingerprint density at radius 3 is 2.50 bits per heavy atom. The van der Waals surface area contributed by atoms with E-state index in [0.717, 1.165) is 5.56 Å². The van der Waals surface area contributed by atoms with Crippen molar-refractivity contribution < 1.29 is 4.39 Å². The van der Waals surface area contributed by atoms with Crippen LogP contribution in [0.2, 0.25) is 0 Å². The molecule has 16 heavy (non-hydrogen) atoms. The summed E-state index contributed by atoms with van der Waals surface area (Å²) in [5, 5.41) is 3.03. The molecule has 0 heterocycles. The molecule has 0 fully saturated rings. The molecule has 2 aromatic carbocycles. The molecular formula is C13H13FN2. The van der Waals surface area contributed by atoms with Crippen molar-refractivity contribution in [1.82, 2.24) is 0 Å². The lowest BCUT2D eigenvalue weighted by atomic mass is 10.2. The molecule has 0 spiro atoms. The average molecular weight is 216 g/mol. The third kappa shape index (κ3) is 2.51. The van der Waals surface area contributed by atoms with Gasteiger partial charge in [-0.3, -0.25) is 0 Å². The quantitative estimate of drug-likeness (QED) is 0.774. The fourth-order valence-electron chi connectivity index (χ4n) is 1.47. The van der Waals surface area contributed by atoms with Crippen molar-refractivity contribution in [3.05, 3.63) is 59.9 Å². The topological polar surface area (TPSA) is 38.0 Å². The van der Waals surface area contributed by atoms with Gasteiger partial charge in [-0.25, -0.2) is 4.39 Å². The van der Waals surface area contributed by atoms with Crippen molar-refractivity contribution in [2.45, 2.75) is 6.54 Å². The van der Waals surface area contributed by atoms with E-state index in [0.29, 0.717) is 17.9 Å². The van der Waals surface area contributed by atoms with E-state index < -0.39 is 0 Å². The molecule has 82 valence electrons. The number of anilines is 2. The van der Waals surface area contributed by atoms with Crippen LogP contribution in [-0.2, 0) is 6.54 Å². The Hall–Kier alpha value is -2.03. The van der Waals surface area contributed by atoms with E-state index in [4.69, 9.17) is 5.73 Å². The summed E-state index contributed by atoms with van der Waals surface area (Å²) in [5.74, 6) is -0.323. The summed E-state index contributed by atoms with van der Waals surface area (Å²) < 4.78 is 13.4. The zero-order valence-corrected chi connectivity index (χ0v) is 8.78. The summed E-state index contributed by atoms with van der Waals surface area (Å²) in [6, 6.07) is 14.5. The molecule has 0 aromatic heterocycles. The first kappa shape index (κ1) is 10.5. The summed E-state index contributed by atoms with van der Waals surface area (Å²) in [7, 11) is 0. The molecule has 0 saturated heterocycles. The molecule has 3 heteroatoms. The Bertz CT molecular complexity index is 469. The van der Waals surface area contributed by atoms with Crippen molar-refractivity contribution in [3.8, 4) is 0 Å². The van der Waals surface area contributed by atoms with Gasteiger partial charge in [-0.05, 0) is 23.8 Å². The van der Waals surface area contributed by atoms with Crippen molar-refractivity contribution >= 4 is 11.4 Å². The van der Waals surface area contributed by atoms with E-state index in [-0.39, 0.29) is 5.82 Å². The van der Waals surface area contributed by atoms with E-state index >= 15 is 0 Å². The fraction of sp³-hybridized carbons (Fsp3) is 0.0769. The lowest BCUT2D eigenvalue weighted by Gasteiger charge is -2.07. The number of nitrogen functional groups attached to an aromatic ring is 1. The SMILES string of the molecule is Nc1ccc(NCc2ccccc2)c(F)c1. The van der Waals surface area contributed by atoms with Crippen LogP contribution in [0, 0.1) is 5.82 Å². The van der Waals surface area contributed by atoms with Crippen LogP contribution in [-0.4, -0.2) is 0 Å². The van der Waals surface area contributed by atoms with Gasteiger partial charge in [0, 0.05) is 12.2 Å². The minimum absolute atomic E-state index is 0.323. The standard InChI is InChI=1S/C13H13FN2/c14-12-8-11(15)6-7-13(12)16-9-10-4-2-1-3-5-10/h1-8,16H,9,15H2. The smallest absolute Gasteiger partial charge is 0.148 e. The molecule has 0 aliphatic carbocycles. The Balaban J connectivity index is 2.05. The lowest BCUT2D eigenvalue weighted by Crippen LogP contribution is -2.01. The van der Waals surface area contributed by atoms with Gasteiger partial charge in [-0.15, -0.1) is 0 Å². The van der Waals surface area contributed by atoms with Gasteiger partial charge < -0.3 is 11.1 Å². The molecule has 2 aromatic rings. The van der Waals surface area contributed by atoms with Crippen LogP contribution in [0.1, 0.15) is 5.56 Å². The van der Waals surface area contributed by atoms with Crippen LogP contribution in [0.3, 0.4) is 0 Å². The van der Waals surface area contributed by atoms with Crippen LogP contribution >= 0.6 is 0 Å². The van der Waals surface area contributed by atoms with Gasteiger partial charge in [0.15, 0.2) is 0 Å². The first-order valence-corrected chi connectivity index (χ1v) is 5.08. The average Bonchev–Trinajstić information content (AvgIpc) is 2.29. The second-order valence-electron chi connectivity index (χ2n) is 3.58. The Morgan fingerprint density at radius 1 is 1.06 bits per heavy atom. The second-order valence-corrected chi connectivity index (χ2v) is 3.58. The highest BCUT2D eigenvalue weighted by Gasteiger charge is 2.01. The Labute approximate surface area is 93.9 Å². The highest BCUT2D eigenvalue weighted by Crippen LogP contribution is 2.17. The molecule has 2 nitrogen and oxygen atoms in total. The van der Waals surface area contributed by atoms with E-state index in [1.165, 1.54) is 6.07 Å². The van der Waals surface area contributed by atoms with Crippen LogP contribution in [0.5, 0.6) is 0 Å². The van der Waals surface area contributed by atoms with Crippen molar-refractivity contribution in [3.63, 3.8) is 0 Å². The molecular weight excluding hydrogens is 203 g/mol. The molecule has 0 bridgehead atoms. The number of nitrogens with two attached hydrogens (primary N) is 1. The minimum Gasteiger partial charge on any atom is -0.399 e. The fourth-order valence-corrected chi connectivity index (χ4v) is 1.47. The third-order valence-corrected chi connectivity index (χ3v) is 2.32. The number of hydrogen-bond donors (Lipinski definition) is 2. The predicted molar refractivity (Wildman–Crippen MR) is 64.6 cm³/mol. The molecule has 0 amide bonds. The van der Waals surface area contributed by atoms with Crippen LogP contribution in [0.25, 0.3) is 0 Å². The molecule has 0 unspecified atom stereocenters. The number of halogens is 1. The summed E-state index contributed by atoms with van der Waals surface area (Å²) in [6.07, 6.45) is 0. The largest absolute Gasteiger partial charge is 0.399 e. The van der Waals surface area contributed by atoms with Gasteiger partial charge >= 0.3 is 0 Å². The number of rotatable bonds is 3. The van der Waals surface area contributed by atoms with Crippen molar-refractivity contribution in [2.75, 3.05) is 11.1 Å². The maximum atomic E-state index is 13.4. The molecule has 0 saturated carbocycles. The van der Waals surface area contributed by atoms with Gasteiger partial charge in [-0.1, -0.05) is 30.3 Å². The van der Waals surface area contributed by atoms with Crippen LogP contribution in [0.4, 0.5) is 15.8 Å². The van der Waals surface area contributed by atoms with Gasteiger partial charge in [-0.2, -0.15) is 0 Å². The van der Waals surface area contributed by atoms with Gasteiger partial charge in [0.2, 0.25) is 0 Å². The molecule has 3 N–H and O–H groups in total. The number of nitrogens with one attached hydrogen (secondary N) is 1. The zero-order chi connectivity index (χ0) is 11.4. The molecule has 0 radical (unpaired) electrons. The maximum absolute atomic E-state index is 13.4. The molecule has 0 aliphatic heterocycles. The zero-order valence-electron chi connectivity index (χ0n) is 8.78. The normalized spacial score (nSPS) is 10.1. The summed E-state index contributed by atoms with van der Waals surface area (Å²) in [5.41, 5.74) is 7.48. The first-order valence-electron chi connectivity index (χ1n) is 5.08. The summed E-state index contributed by atoms with van der Waals surface area (Å²) >= 11 is 0. The Kier molecular flexibility index (Phi) is 3.05. The Morgan fingerprint density at radius 2 is 1.81 bits per heavy atom. The summed E-state index contributed by atoms with van der Waals surface area (Å²) in [6.45, 7) is 0.599. The van der Waals surface area contributed by atoms with Crippen molar-refractivity contribution in [2.24, 2.45) is 0 Å². The predicted octanol–water partition coefficient (Wildman–Crippen LogP) is 3.02. The molecule has 0 aliphatic rings. The van der Waals surface area contributed by atoms with Gasteiger partial charge in [0.05, 0.1) is 5.69 Å². The molecule has 2 rings (SSSR count). The van der Waals surface area contributed by atoms with Gasteiger partial charge in [0.25, 0.3) is 0 Å². The van der Waals surface area contributed by atoms with Gasteiger partial charge in [0.1, 0.15) is 5.82 Å². The monoisotopic (exact) mass is 216 g/mol. The van der Waals surface area contributed by atoms with E-state index in [1.807, 2.05) is 30.3 Å². The molecule has 0 atom stereocenters. The van der Waals surface area contributed by atoms with E-state index in [2.05, 4.69) is 5.32 Å². The maximum Gasteiger partial charge on any atom is 0.148 e. The van der Waals surface area contributed by atoms with Crippen LogP contribution in [0.15, 0.2) is 48.5 Å². The van der Waals surface area contributed by atoms with E-state index in [9.17, 15) is 4.39 Å². The highest BCUT2D eigenvalue weighted by atomic mass is 19.1. The highest BCUT2D eigenvalue weighted by molar-refractivity contribution is 5.52. The number of benzene rings is 2. The van der Waals surface area contributed by atoms with Crippen LogP contribution < -0.4 is 11.1 Å². The van der Waals surface area contributed by atoms with E-state index in [1.54, 1.807) is 12.1 Å². The van der Waals surface area contributed by atoms with Crippen molar-refractivity contribution in [1.29, 1.82) is 0 Å². The lowest BCUT2D eigenvalue weighted by molar-refractivity contribution is 0.631. The second kappa shape index (κ2) is 4.66. The summed E-state index contributed by atoms with van der Waals surface area (Å²) in [4.78, 5) is 0. The number of hydrogen-bond acceptors (Lipinski definition) is 2. The third-order valence-electron chi connectivity index (χ3n) is 2.32. The minimum atomic E-state index is -0.323. The first-order chi connectivity index (χ1) is 7.75.